The zero-order valence-electron chi connectivity index (χ0n) is 18.5. The van der Waals surface area contributed by atoms with Gasteiger partial charge in [-0.15, -0.1) is 0 Å². The topological polar surface area (TPSA) is 84.5 Å². The third-order valence-corrected chi connectivity index (χ3v) is 4.95. The van der Waals surface area contributed by atoms with Crippen molar-refractivity contribution in [2.75, 3.05) is 11.9 Å². The molecule has 6 nitrogen and oxygen atoms in total. The van der Waals surface area contributed by atoms with Crippen LogP contribution in [0.5, 0.6) is 0 Å². The average Bonchev–Trinajstić information content (AvgIpc) is 2.69. The van der Waals surface area contributed by atoms with Crippen LogP contribution in [0.15, 0.2) is 42.5 Å². The molecule has 1 atom stereocenters. The number of amides is 2. The minimum absolute atomic E-state index is 0.00743. The number of carbonyl (C=O) groups is 3. The van der Waals surface area contributed by atoms with Crippen LogP contribution in [-0.4, -0.2) is 30.4 Å². The summed E-state index contributed by atoms with van der Waals surface area (Å²) in [6.07, 6.45) is -0.986. The Kier molecular flexibility index (Phi) is 7.38. The Hall–Kier alpha value is -3.15. The molecule has 0 aromatic heterocycles. The summed E-state index contributed by atoms with van der Waals surface area (Å²) in [5, 5.41) is 5.28. The molecular weight excluding hydrogens is 380 g/mol. The number of carbonyl (C=O) groups excluding carboxylic acids is 3. The minimum atomic E-state index is -0.986. The fraction of sp³-hybridized carbons (Fsp3) is 0.375. The molecule has 0 unspecified atom stereocenters. The van der Waals surface area contributed by atoms with Crippen molar-refractivity contribution in [3.63, 3.8) is 0 Å². The Balaban J connectivity index is 1.85. The van der Waals surface area contributed by atoms with Crippen molar-refractivity contribution >= 4 is 23.5 Å². The fourth-order valence-corrected chi connectivity index (χ4v) is 2.79. The number of hydrogen-bond donors (Lipinski definition) is 2. The number of aryl methyl sites for hydroxylation is 1. The molecule has 0 bridgehead atoms. The smallest absolute Gasteiger partial charge is 0.326 e. The highest BCUT2D eigenvalue weighted by molar-refractivity contribution is 5.97. The monoisotopic (exact) mass is 410 g/mol. The van der Waals surface area contributed by atoms with Gasteiger partial charge >= 0.3 is 5.97 Å². The summed E-state index contributed by atoms with van der Waals surface area (Å²) < 4.78 is 5.14. The normalized spacial score (nSPS) is 12.1. The second-order valence-corrected chi connectivity index (χ2v) is 8.38. The number of rotatable bonds is 6. The standard InChI is InChI=1S/C24H30N2O4/c1-15-8-7-9-20(16(15)2)26-22(28)17(3)30-21(27)14-25-23(29)18-10-12-19(13-11-18)24(4,5)6/h7-13,17H,14H2,1-6H3,(H,25,29)(H,26,28)/t17-/m1/s1. The SMILES string of the molecule is Cc1cccc(NC(=O)[C@@H](C)OC(=O)CNC(=O)c2ccc(C(C)(C)C)cc2)c1C. The molecule has 0 saturated heterocycles. The summed E-state index contributed by atoms with van der Waals surface area (Å²) in [5.41, 5.74) is 4.24. The van der Waals surface area contributed by atoms with E-state index in [1.807, 2.05) is 38.1 Å². The molecule has 6 heteroatoms. The summed E-state index contributed by atoms with van der Waals surface area (Å²) in [7, 11) is 0. The highest BCUT2D eigenvalue weighted by Crippen LogP contribution is 2.22. The van der Waals surface area contributed by atoms with Gasteiger partial charge in [0.15, 0.2) is 6.10 Å². The van der Waals surface area contributed by atoms with E-state index in [1.165, 1.54) is 6.92 Å². The lowest BCUT2D eigenvalue weighted by atomic mass is 9.87. The first kappa shape index (κ1) is 23.1. The first-order valence-electron chi connectivity index (χ1n) is 9.94. The van der Waals surface area contributed by atoms with Gasteiger partial charge in [-0.2, -0.15) is 0 Å². The lowest BCUT2D eigenvalue weighted by Crippen LogP contribution is -2.36. The molecule has 2 amide bonds. The first-order chi connectivity index (χ1) is 14.0. The number of nitrogens with one attached hydrogen (secondary N) is 2. The zero-order valence-corrected chi connectivity index (χ0v) is 18.5. The average molecular weight is 411 g/mol. The van der Waals surface area contributed by atoms with Gasteiger partial charge < -0.3 is 15.4 Å². The van der Waals surface area contributed by atoms with Gasteiger partial charge in [0.05, 0.1) is 0 Å². The van der Waals surface area contributed by atoms with Crippen molar-refractivity contribution in [2.45, 2.75) is 53.1 Å². The lowest BCUT2D eigenvalue weighted by Gasteiger charge is -2.19. The zero-order chi connectivity index (χ0) is 22.5. The number of benzene rings is 2. The molecule has 0 radical (unpaired) electrons. The van der Waals surface area contributed by atoms with E-state index < -0.39 is 18.0 Å². The van der Waals surface area contributed by atoms with E-state index in [9.17, 15) is 14.4 Å². The predicted octanol–water partition coefficient (Wildman–Crippen LogP) is 3.90. The van der Waals surface area contributed by atoms with Crippen LogP contribution in [-0.2, 0) is 19.7 Å². The van der Waals surface area contributed by atoms with Crippen LogP contribution in [0, 0.1) is 13.8 Å². The molecule has 0 saturated carbocycles. The van der Waals surface area contributed by atoms with Gasteiger partial charge in [-0.25, -0.2) is 0 Å². The maximum absolute atomic E-state index is 12.3. The number of anilines is 1. The molecule has 2 aromatic carbocycles. The molecule has 2 rings (SSSR count). The maximum Gasteiger partial charge on any atom is 0.326 e. The van der Waals surface area contributed by atoms with Gasteiger partial charge in [0.1, 0.15) is 6.54 Å². The summed E-state index contributed by atoms with van der Waals surface area (Å²) in [6.45, 7) is 11.3. The van der Waals surface area contributed by atoms with Gasteiger partial charge in [0.2, 0.25) is 0 Å². The third-order valence-electron chi connectivity index (χ3n) is 4.95. The Labute approximate surface area is 178 Å². The molecule has 0 aliphatic carbocycles. The van der Waals surface area contributed by atoms with Crippen molar-refractivity contribution < 1.29 is 19.1 Å². The molecule has 30 heavy (non-hydrogen) atoms. The Morgan fingerprint density at radius 1 is 1.00 bits per heavy atom. The summed E-state index contributed by atoms with van der Waals surface area (Å²) in [6, 6.07) is 12.8. The van der Waals surface area contributed by atoms with Crippen LogP contribution in [0.25, 0.3) is 0 Å². The molecule has 2 N–H and O–H groups in total. The van der Waals surface area contributed by atoms with Gasteiger partial charge in [-0.1, -0.05) is 45.0 Å². The molecule has 160 valence electrons. The van der Waals surface area contributed by atoms with Gasteiger partial charge in [0.25, 0.3) is 11.8 Å². The Bertz CT molecular complexity index is 927. The van der Waals surface area contributed by atoms with Crippen LogP contribution in [0.1, 0.15) is 54.7 Å². The van der Waals surface area contributed by atoms with E-state index in [1.54, 1.807) is 18.2 Å². The molecule has 0 fully saturated rings. The van der Waals surface area contributed by atoms with Crippen LogP contribution in [0.4, 0.5) is 5.69 Å². The van der Waals surface area contributed by atoms with Crippen LogP contribution in [0.2, 0.25) is 0 Å². The Morgan fingerprint density at radius 3 is 2.23 bits per heavy atom. The molecule has 2 aromatic rings. The van der Waals surface area contributed by atoms with Crippen molar-refractivity contribution in [2.24, 2.45) is 0 Å². The van der Waals surface area contributed by atoms with Crippen molar-refractivity contribution in [1.29, 1.82) is 0 Å². The van der Waals surface area contributed by atoms with E-state index in [2.05, 4.69) is 31.4 Å². The van der Waals surface area contributed by atoms with Crippen molar-refractivity contribution in [1.82, 2.24) is 5.32 Å². The summed E-state index contributed by atoms with van der Waals surface area (Å²) >= 11 is 0. The summed E-state index contributed by atoms with van der Waals surface area (Å²) in [5.74, 6) is -1.49. The van der Waals surface area contributed by atoms with Crippen LogP contribution >= 0.6 is 0 Å². The van der Waals surface area contributed by atoms with E-state index in [0.29, 0.717) is 11.3 Å². The van der Waals surface area contributed by atoms with Gasteiger partial charge in [0, 0.05) is 11.3 Å². The largest absolute Gasteiger partial charge is 0.451 e. The van der Waals surface area contributed by atoms with E-state index in [4.69, 9.17) is 4.74 Å². The van der Waals surface area contributed by atoms with Crippen molar-refractivity contribution in [3.05, 3.63) is 64.7 Å². The maximum atomic E-state index is 12.3. The second-order valence-electron chi connectivity index (χ2n) is 8.38. The highest BCUT2D eigenvalue weighted by atomic mass is 16.5. The molecule has 0 aliphatic heterocycles. The molecule has 0 spiro atoms. The quantitative estimate of drug-likeness (QED) is 0.708. The lowest BCUT2D eigenvalue weighted by molar-refractivity contribution is -0.152. The predicted molar refractivity (Wildman–Crippen MR) is 118 cm³/mol. The van der Waals surface area contributed by atoms with Crippen LogP contribution < -0.4 is 10.6 Å². The van der Waals surface area contributed by atoms with Gasteiger partial charge in [-0.3, -0.25) is 14.4 Å². The number of hydrogen-bond acceptors (Lipinski definition) is 4. The third kappa shape index (κ3) is 6.17. The number of ether oxygens (including phenoxy) is 1. The minimum Gasteiger partial charge on any atom is -0.451 e. The van der Waals surface area contributed by atoms with Crippen molar-refractivity contribution in [3.8, 4) is 0 Å². The summed E-state index contributed by atoms with van der Waals surface area (Å²) in [4.78, 5) is 36.6. The van der Waals surface area contributed by atoms with Crippen LogP contribution in [0.3, 0.4) is 0 Å². The Morgan fingerprint density at radius 2 is 1.63 bits per heavy atom. The fourth-order valence-electron chi connectivity index (χ4n) is 2.79. The van der Waals surface area contributed by atoms with E-state index >= 15 is 0 Å². The van der Waals surface area contributed by atoms with E-state index in [-0.39, 0.29) is 17.9 Å². The second kappa shape index (κ2) is 9.57. The van der Waals surface area contributed by atoms with E-state index in [0.717, 1.165) is 16.7 Å². The molecular formula is C24H30N2O4. The molecule has 0 aliphatic rings. The highest BCUT2D eigenvalue weighted by Gasteiger charge is 2.20. The number of esters is 1. The van der Waals surface area contributed by atoms with Gasteiger partial charge in [-0.05, 0) is 61.1 Å². The molecule has 0 heterocycles. The first-order valence-corrected chi connectivity index (χ1v) is 9.94.